The first kappa shape index (κ1) is 17.8. The van der Waals surface area contributed by atoms with Crippen LogP contribution < -0.4 is 15.2 Å². The van der Waals surface area contributed by atoms with Gasteiger partial charge >= 0.3 is 5.69 Å². The third kappa shape index (κ3) is 3.47. The third-order valence-corrected chi connectivity index (χ3v) is 5.54. The first-order valence-corrected chi connectivity index (χ1v) is 9.73. The number of hydrogen-bond donors (Lipinski definition) is 1. The van der Waals surface area contributed by atoms with Crippen molar-refractivity contribution in [3.8, 4) is 11.5 Å². The Morgan fingerprint density at radius 2 is 1.79 bits per heavy atom. The molecule has 3 aromatic rings. The lowest BCUT2D eigenvalue weighted by Gasteiger charge is -2.34. The molecule has 0 spiro atoms. The summed E-state index contributed by atoms with van der Waals surface area (Å²) in [6.07, 6.45) is 0. The van der Waals surface area contributed by atoms with Crippen molar-refractivity contribution in [2.75, 3.05) is 33.0 Å². The number of fused-ring (bicyclic) bond motifs is 2. The number of rotatable bonds is 4. The fourth-order valence-corrected chi connectivity index (χ4v) is 3.95. The van der Waals surface area contributed by atoms with Gasteiger partial charge in [-0.1, -0.05) is 18.2 Å². The van der Waals surface area contributed by atoms with Crippen molar-refractivity contribution in [1.82, 2.24) is 19.4 Å². The van der Waals surface area contributed by atoms with Crippen LogP contribution >= 0.6 is 0 Å². The Morgan fingerprint density at radius 1 is 1.00 bits per heavy atom. The Labute approximate surface area is 167 Å². The molecule has 0 radical (unpaired) electrons. The molecule has 1 fully saturated rings. The molecule has 2 aliphatic rings. The van der Waals surface area contributed by atoms with Gasteiger partial charge in [0.15, 0.2) is 11.5 Å². The normalized spacial score (nSPS) is 16.5. The zero-order chi connectivity index (χ0) is 19.8. The second-order valence-corrected chi connectivity index (χ2v) is 7.38. The molecule has 2 aliphatic heterocycles. The summed E-state index contributed by atoms with van der Waals surface area (Å²) >= 11 is 0. The van der Waals surface area contributed by atoms with Gasteiger partial charge in [0.2, 0.25) is 12.7 Å². The van der Waals surface area contributed by atoms with Crippen LogP contribution in [0.4, 0.5) is 0 Å². The maximum Gasteiger partial charge on any atom is 0.326 e. The molecule has 0 saturated carbocycles. The van der Waals surface area contributed by atoms with Crippen molar-refractivity contribution in [2.24, 2.45) is 0 Å². The van der Waals surface area contributed by atoms with E-state index in [1.165, 1.54) is 10.1 Å². The number of ether oxygens (including phenoxy) is 2. The number of hydrogen-bond acceptors (Lipinski definition) is 5. The summed E-state index contributed by atoms with van der Waals surface area (Å²) in [4.78, 5) is 31.9. The Bertz CT molecular complexity index is 1110. The van der Waals surface area contributed by atoms with E-state index in [0.717, 1.165) is 42.2 Å². The van der Waals surface area contributed by atoms with Gasteiger partial charge < -0.3 is 19.4 Å². The summed E-state index contributed by atoms with van der Waals surface area (Å²) in [6.45, 7) is 4.04. The lowest BCUT2D eigenvalue weighted by atomic mass is 10.1. The lowest BCUT2D eigenvalue weighted by molar-refractivity contribution is -0.133. The molecule has 0 atom stereocenters. The number of carbonyl (C=O) groups excluding carboxylic acids is 1. The van der Waals surface area contributed by atoms with Gasteiger partial charge in [0.25, 0.3) is 0 Å². The van der Waals surface area contributed by atoms with E-state index in [1.807, 2.05) is 41.3 Å². The second kappa shape index (κ2) is 7.29. The summed E-state index contributed by atoms with van der Waals surface area (Å²) in [5, 5.41) is 0. The zero-order valence-electron chi connectivity index (χ0n) is 16.0. The van der Waals surface area contributed by atoms with Gasteiger partial charge in [0, 0.05) is 32.7 Å². The fourth-order valence-electron chi connectivity index (χ4n) is 3.95. The van der Waals surface area contributed by atoms with E-state index < -0.39 is 0 Å². The number of para-hydroxylation sites is 2. The zero-order valence-corrected chi connectivity index (χ0v) is 16.0. The number of benzene rings is 2. The van der Waals surface area contributed by atoms with Crippen LogP contribution in [0, 0.1) is 0 Å². The number of amides is 1. The Hall–Kier alpha value is -3.26. The highest BCUT2D eigenvalue weighted by molar-refractivity contribution is 5.80. The van der Waals surface area contributed by atoms with Crippen LogP contribution in [0.15, 0.2) is 47.3 Å². The van der Waals surface area contributed by atoms with Gasteiger partial charge in [0.1, 0.15) is 6.54 Å². The molecule has 1 amide bonds. The highest BCUT2D eigenvalue weighted by Gasteiger charge is 2.23. The molecule has 0 bridgehead atoms. The molecular weight excluding hydrogens is 372 g/mol. The highest BCUT2D eigenvalue weighted by Crippen LogP contribution is 2.32. The van der Waals surface area contributed by atoms with Crippen molar-refractivity contribution in [1.29, 1.82) is 0 Å². The molecule has 8 heteroatoms. The Balaban J connectivity index is 1.20. The number of imidazole rings is 1. The largest absolute Gasteiger partial charge is 0.454 e. The molecule has 2 aromatic carbocycles. The summed E-state index contributed by atoms with van der Waals surface area (Å²) in [6, 6.07) is 13.4. The lowest BCUT2D eigenvalue weighted by Crippen LogP contribution is -2.49. The molecule has 5 rings (SSSR count). The fraction of sp³-hybridized carbons (Fsp3) is 0.333. The summed E-state index contributed by atoms with van der Waals surface area (Å²) in [5.74, 6) is 1.55. The number of nitrogens with zero attached hydrogens (tertiary/aromatic N) is 3. The van der Waals surface area contributed by atoms with Crippen molar-refractivity contribution in [3.63, 3.8) is 0 Å². The Kier molecular flexibility index (Phi) is 4.48. The van der Waals surface area contributed by atoms with Crippen LogP contribution in [-0.2, 0) is 17.9 Å². The number of aromatic nitrogens is 2. The number of H-pyrrole nitrogens is 1. The standard InChI is InChI=1S/C21H22N4O4/c26-20(13-25-17-4-2-1-3-16(17)22-21(25)27)24-9-7-23(8-10-24)12-15-5-6-18-19(11-15)29-14-28-18/h1-6,11H,7-10,12-14H2,(H,22,27). The van der Waals surface area contributed by atoms with Crippen molar-refractivity contribution < 1.29 is 14.3 Å². The summed E-state index contributed by atoms with van der Waals surface area (Å²) in [5.41, 5.74) is 2.42. The van der Waals surface area contributed by atoms with E-state index in [0.29, 0.717) is 13.1 Å². The Morgan fingerprint density at radius 3 is 2.66 bits per heavy atom. The van der Waals surface area contributed by atoms with Gasteiger partial charge in [-0.15, -0.1) is 0 Å². The van der Waals surface area contributed by atoms with Crippen LogP contribution in [0.5, 0.6) is 11.5 Å². The molecule has 1 N–H and O–H groups in total. The first-order chi connectivity index (χ1) is 14.2. The predicted molar refractivity (Wildman–Crippen MR) is 107 cm³/mol. The van der Waals surface area contributed by atoms with E-state index in [1.54, 1.807) is 0 Å². The van der Waals surface area contributed by atoms with Crippen molar-refractivity contribution in [2.45, 2.75) is 13.1 Å². The SMILES string of the molecule is O=C(Cn1c(=O)[nH]c2ccccc21)N1CCN(Cc2ccc3c(c2)OCO3)CC1. The number of piperazine rings is 1. The van der Waals surface area contributed by atoms with Crippen LogP contribution in [0.3, 0.4) is 0 Å². The second-order valence-electron chi connectivity index (χ2n) is 7.38. The maximum atomic E-state index is 12.8. The van der Waals surface area contributed by atoms with Gasteiger partial charge in [-0.2, -0.15) is 0 Å². The van der Waals surface area contributed by atoms with Gasteiger partial charge in [-0.3, -0.25) is 14.3 Å². The molecule has 3 heterocycles. The molecule has 0 aliphatic carbocycles. The molecule has 150 valence electrons. The number of nitrogens with one attached hydrogen (secondary N) is 1. The van der Waals surface area contributed by atoms with Crippen LogP contribution in [0.25, 0.3) is 11.0 Å². The average molecular weight is 394 g/mol. The molecular formula is C21H22N4O4. The van der Waals surface area contributed by atoms with Gasteiger partial charge in [0.05, 0.1) is 11.0 Å². The minimum atomic E-state index is -0.249. The smallest absolute Gasteiger partial charge is 0.326 e. The number of aromatic amines is 1. The topological polar surface area (TPSA) is 79.8 Å². The van der Waals surface area contributed by atoms with Crippen LogP contribution in [-0.4, -0.2) is 58.2 Å². The molecule has 1 aromatic heterocycles. The maximum absolute atomic E-state index is 12.8. The predicted octanol–water partition coefficient (Wildman–Crippen LogP) is 1.40. The van der Waals surface area contributed by atoms with E-state index in [4.69, 9.17) is 9.47 Å². The van der Waals surface area contributed by atoms with Crippen LogP contribution in [0.1, 0.15) is 5.56 Å². The minimum Gasteiger partial charge on any atom is -0.454 e. The third-order valence-electron chi connectivity index (χ3n) is 5.54. The average Bonchev–Trinajstić information content (AvgIpc) is 3.32. The van der Waals surface area contributed by atoms with E-state index >= 15 is 0 Å². The van der Waals surface area contributed by atoms with Crippen molar-refractivity contribution >= 4 is 16.9 Å². The monoisotopic (exact) mass is 394 g/mol. The van der Waals surface area contributed by atoms with E-state index in [-0.39, 0.29) is 24.9 Å². The van der Waals surface area contributed by atoms with E-state index in [9.17, 15) is 9.59 Å². The number of carbonyl (C=O) groups is 1. The minimum absolute atomic E-state index is 0.0282. The van der Waals surface area contributed by atoms with Gasteiger partial charge in [-0.05, 0) is 29.8 Å². The van der Waals surface area contributed by atoms with Crippen LogP contribution in [0.2, 0.25) is 0 Å². The molecule has 29 heavy (non-hydrogen) atoms. The summed E-state index contributed by atoms with van der Waals surface area (Å²) < 4.78 is 12.3. The van der Waals surface area contributed by atoms with Gasteiger partial charge in [-0.25, -0.2) is 4.79 Å². The first-order valence-electron chi connectivity index (χ1n) is 9.73. The highest BCUT2D eigenvalue weighted by atomic mass is 16.7. The quantitative estimate of drug-likeness (QED) is 0.724. The molecule has 8 nitrogen and oxygen atoms in total. The van der Waals surface area contributed by atoms with E-state index in [2.05, 4.69) is 16.0 Å². The summed E-state index contributed by atoms with van der Waals surface area (Å²) in [7, 11) is 0. The van der Waals surface area contributed by atoms with Crippen molar-refractivity contribution in [3.05, 3.63) is 58.5 Å². The molecule has 1 saturated heterocycles. The molecule has 0 unspecified atom stereocenters.